The van der Waals surface area contributed by atoms with E-state index in [4.69, 9.17) is 10.2 Å². The summed E-state index contributed by atoms with van der Waals surface area (Å²) in [5, 5.41) is 18.0. The van der Waals surface area contributed by atoms with Crippen LogP contribution in [0.5, 0.6) is 11.5 Å². The molecular weight excluding hydrogens is 166 g/mol. The Bertz CT molecular complexity index is 297. The van der Waals surface area contributed by atoms with Crippen molar-refractivity contribution in [3.63, 3.8) is 0 Å². The van der Waals surface area contributed by atoms with E-state index >= 15 is 0 Å². The minimum Gasteiger partial charge on any atom is -0.508 e. The number of benzene rings is 1. The van der Waals surface area contributed by atoms with Crippen LogP contribution in [-0.4, -0.2) is 10.2 Å². The van der Waals surface area contributed by atoms with Gasteiger partial charge in [0.25, 0.3) is 6.43 Å². The van der Waals surface area contributed by atoms with Gasteiger partial charge in [-0.3, -0.25) is 0 Å². The Labute approximate surface area is 68.1 Å². The average Bonchev–Trinajstić information content (AvgIpc) is 1.96. The minimum atomic E-state index is -2.77. The predicted molar refractivity (Wildman–Crippen MR) is 39.5 cm³/mol. The van der Waals surface area contributed by atoms with Crippen molar-refractivity contribution in [2.24, 2.45) is 0 Å². The van der Waals surface area contributed by atoms with Gasteiger partial charge in [-0.25, -0.2) is 8.78 Å². The molecule has 0 aliphatic heterocycles. The maximum absolute atomic E-state index is 12.1. The maximum atomic E-state index is 12.1. The van der Waals surface area contributed by atoms with E-state index in [1.165, 1.54) is 13.0 Å². The zero-order valence-electron chi connectivity index (χ0n) is 6.38. The molecule has 0 amide bonds. The molecule has 0 saturated carbocycles. The number of halogens is 2. The monoisotopic (exact) mass is 174 g/mol. The summed E-state index contributed by atoms with van der Waals surface area (Å²) in [6.45, 7) is 1.45. The van der Waals surface area contributed by atoms with Crippen LogP contribution in [0.4, 0.5) is 8.78 Å². The minimum absolute atomic E-state index is 0.241. The summed E-state index contributed by atoms with van der Waals surface area (Å²) in [5.41, 5.74) is -0.294. The molecule has 0 spiro atoms. The van der Waals surface area contributed by atoms with Crippen molar-refractivity contribution in [2.45, 2.75) is 13.3 Å². The molecule has 0 bridgehead atoms. The molecule has 1 aromatic carbocycles. The van der Waals surface area contributed by atoms with Crippen LogP contribution in [0.15, 0.2) is 12.1 Å². The summed E-state index contributed by atoms with van der Waals surface area (Å²) in [6.07, 6.45) is -2.77. The third-order valence-electron chi connectivity index (χ3n) is 1.55. The summed E-state index contributed by atoms with van der Waals surface area (Å²) in [7, 11) is 0. The Balaban J connectivity index is 3.28. The van der Waals surface area contributed by atoms with Crippen LogP contribution in [0.3, 0.4) is 0 Å². The standard InChI is InChI=1S/C8H8F2O2/c1-4-2-5(11)3-6(7(4)12)8(9)10/h2-3,8,11-12H,1H3. The van der Waals surface area contributed by atoms with Crippen molar-refractivity contribution in [3.05, 3.63) is 23.3 Å². The van der Waals surface area contributed by atoms with Gasteiger partial charge in [0.05, 0.1) is 5.56 Å². The molecule has 0 aliphatic rings. The molecule has 0 aliphatic carbocycles. The van der Waals surface area contributed by atoms with Crippen molar-refractivity contribution in [2.75, 3.05) is 0 Å². The fourth-order valence-electron chi connectivity index (χ4n) is 0.954. The van der Waals surface area contributed by atoms with Gasteiger partial charge in [0.2, 0.25) is 0 Å². The normalized spacial score (nSPS) is 10.7. The summed E-state index contributed by atoms with van der Waals surface area (Å²) in [4.78, 5) is 0. The van der Waals surface area contributed by atoms with Crippen LogP contribution in [0, 0.1) is 6.92 Å². The van der Waals surface area contributed by atoms with Gasteiger partial charge in [-0.15, -0.1) is 0 Å². The van der Waals surface area contributed by atoms with E-state index in [-0.39, 0.29) is 11.3 Å². The molecule has 0 unspecified atom stereocenters. The second-order valence-corrected chi connectivity index (χ2v) is 2.50. The van der Waals surface area contributed by atoms with E-state index in [1.54, 1.807) is 0 Å². The molecule has 4 heteroatoms. The van der Waals surface area contributed by atoms with Crippen LogP contribution in [0.1, 0.15) is 17.6 Å². The predicted octanol–water partition coefficient (Wildman–Crippen LogP) is 2.34. The lowest BCUT2D eigenvalue weighted by atomic mass is 10.1. The molecule has 0 heterocycles. The molecule has 2 nitrogen and oxygen atoms in total. The van der Waals surface area contributed by atoms with Crippen LogP contribution >= 0.6 is 0 Å². The number of rotatable bonds is 1. The SMILES string of the molecule is Cc1cc(O)cc(C(F)F)c1O. The number of alkyl halides is 2. The Morgan fingerprint density at radius 1 is 1.25 bits per heavy atom. The molecule has 0 saturated heterocycles. The van der Waals surface area contributed by atoms with Crippen LogP contribution < -0.4 is 0 Å². The van der Waals surface area contributed by atoms with Crippen LogP contribution in [0.25, 0.3) is 0 Å². The van der Waals surface area contributed by atoms with Crippen molar-refractivity contribution in [3.8, 4) is 11.5 Å². The van der Waals surface area contributed by atoms with E-state index in [0.29, 0.717) is 0 Å². The number of phenolic OH excluding ortho intramolecular Hbond substituents is 2. The zero-order valence-corrected chi connectivity index (χ0v) is 6.38. The number of aryl methyl sites for hydroxylation is 1. The highest BCUT2D eigenvalue weighted by atomic mass is 19.3. The van der Waals surface area contributed by atoms with Gasteiger partial charge in [-0.1, -0.05) is 0 Å². The molecule has 66 valence electrons. The van der Waals surface area contributed by atoms with E-state index in [1.807, 2.05) is 0 Å². The molecule has 0 atom stereocenters. The quantitative estimate of drug-likeness (QED) is 0.641. The summed E-state index contributed by atoms with van der Waals surface area (Å²) in [5.74, 6) is -0.719. The third-order valence-corrected chi connectivity index (χ3v) is 1.55. The largest absolute Gasteiger partial charge is 0.508 e. The van der Waals surface area contributed by atoms with E-state index in [0.717, 1.165) is 6.07 Å². The first-order chi connectivity index (χ1) is 5.52. The fourth-order valence-corrected chi connectivity index (χ4v) is 0.954. The van der Waals surface area contributed by atoms with Gasteiger partial charge in [0.15, 0.2) is 0 Å². The first-order valence-corrected chi connectivity index (χ1v) is 3.33. The van der Waals surface area contributed by atoms with Gasteiger partial charge < -0.3 is 10.2 Å². The third kappa shape index (κ3) is 1.47. The molecule has 0 fully saturated rings. The first kappa shape index (κ1) is 8.77. The maximum Gasteiger partial charge on any atom is 0.267 e. The molecule has 2 N–H and O–H groups in total. The zero-order chi connectivity index (χ0) is 9.30. The number of hydrogen-bond donors (Lipinski definition) is 2. The summed E-state index contributed by atoms with van der Waals surface area (Å²) in [6, 6.07) is 2.08. The molecule has 1 rings (SSSR count). The van der Waals surface area contributed by atoms with Crippen molar-refractivity contribution < 1.29 is 19.0 Å². The second kappa shape index (κ2) is 2.97. The molecule has 0 aromatic heterocycles. The lowest BCUT2D eigenvalue weighted by Crippen LogP contribution is -1.87. The highest BCUT2D eigenvalue weighted by molar-refractivity contribution is 5.45. The van der Waals surface area contributed by atoms with Gasteiger partial charge in [-0.2, -0.15) is 0 Å². The van der Waals surface area contributed by atoms with Crippen LogP contribution in [0.2, 0.25) is 0 Å². The Hall–Kier alpha value is -1.32. The number of hydrogen-bond acceptors (Lipinski definition) is 2. The van der Waals surface area contributed by atoms with E-state index < -0.39 is 17.7 Å². The summed E-state index contributed by atoms with van der Waals surface area (Å²) >= 11 is 0. The molecule has 0 radical (unpaired) electrons. The van der Waals surface area contributed by atoms with Gasteiger partial charge >= 0.3 is 0 Å². The van der Waals surface area contributed by atoms with Crippen molar-refractivity contribution in [1.82, 2.24) is 0 Å². The van der Waals surface area contributed by atoms with Gasteiger partial charge in [0, 0.05) is 0 Å². The molecule has 1 aromatic rings. The highest BCUT2D eigenvalue weighted by Crippen LogP contribution is 2.33. The lowest BCUT2D eigenvalue weighted by Gasteiger charge is -2.06. The Kier molecular flexibility index (Phi) is 2.17. The average molecular weight is 174 g/mol. The van der Waals surface area contributed by atoms with Crippen molar-refractivity contribution in [1.29, 1.82) is 0 Å². The fraction of sp³-hybridized carbons (Fsp3) is 0.250. The van der Waals surface area contributed by atoms with Gasteiger partial charge in [-0.05, 0) is 24.6 Å². The van der Waals surface area contributed by atoms with E-state index in [9.17, 15) is 8.78 Å². The highest BCUT2D eigenvalue weighted by Gasteiger charge is 2.15. The smallest absolute Gasteiger partial charge is 0.267 e. The molecule has 12 heavy (non-hydrogen) atoms. The van der Waals surface area contributed by atoms with Crippen LogP contribution in [-0.2, 0) is 0 Å². The summed E-state index contributed by atoms with van der Waals surface area (Å²) < 4.78 is 24.2. The Morgan fingerprint density at radius 2 is 1.83 bits per heavy atom. The van der Waals surface area contributed by atoms with Crippen molar-refractivity contribution >= 4 is 0 Å². The molecular formula is C8H8F2O2. The number of phenols is 2. The number of aromatic hydroxyl groups is 2. The topological polar surface area (TPSA) is 40.5 Å². The van der Waals surface area contributed by atoms with Gasteiger partial charge in [0.1, 0.15) is 11.5 Å². The van der Waals surface area contributed by atoms with E-state index in [2.05, 4.69) is 0 Å². The lowest BCUT2D eigenvalue weighted by molar-refractivity contribution is 0.147. The first-order valence-electron chi connectivity index (χ1n) is 3.33. The Morgan fingerprint density at radius 3 is 2.33 bits per heavy atom. The second-order valence-electron chi connectivity index (χ2n) is 2.50.